The first kappa shape index (κ1) is 29.2. The van der Waals surface area contributed by atoms with E-state index in [4.69, 9.17) is 11.5 Å². The number of carbonyl (C=O) groups excluding carboxylic acids is 3. The number of carbonyl (C=O) groups is 3. The van der Waals surface area contributed by atoms with E-state index in [1.54, 1.807) is 0 Å². The lowest BCUT2D eigenvalue weighted by Gasteiger charge is -2.25. The molecule has 1 aromatic rings. The van der Waals surface area contributed by atoms with Crippen molar-refractivity contribution in [2.45, 2.75) is 56.1 Å². The zero-order valence-corrected chi connectivity index (χ0v) is 20.4. The first-order chi connectivity index (χ1) is 17.0. The normalized spacial score (nSPS) is 18.1. The number of amides is 2. The standard InChI is InChI=1S/C22H31F3N6O4S/c23-22(24,25)16-6-3-5-15(11-16)14-36(35)30-18-8-1-2-10-31(20(18)34)12-19(33)29-17(13-32)7-4-9-28-21(26)27/h3,5-6,11,13,17-18,30H,1-2,4,7-10,12,14H2,(H,29,33)(H4,26,27,28)/t17-,18-,36?/m0/s1. The molecule has 0 bridgehead atoms. The van der Waals surface area contributed by atoms with Gasteiger partial charge in [0.2, 0.25) is 11.8 Å². The maximum Gasteiger partial charge on any atom is 0.416 e. The van der Waals surface area contributed by atoms with Crippen molar-refractivity contribution in [3.05, 3.63) is 35.4 Å². The number of alkyl halides is 3. The number of aldehydes is 1. The molecule has 1 aliphatic rings. The summed E-state index contributed by atoms with van der Waals surface area (Å²) in [5, 5.41) is 2.56. The van der Waals surface area contributed by atoms with Crippen LogP contribution in [-0.4, -0.2) is 64.9 Å². The summed E-state index contributed by atoms with van der Waals surface area (Å²) in [4.78, 5) is 41.9. The van der Waals surface area contributed by atoms with E-state index in [0.29, 0.717) is 51.5 Å². The van der Waals surface area contributed by atoms with Crippen molar-refractivity contribution in [1.82, 2.24) is 14.9 Å². The Bertz CT molecular complexity index is 971. The Hall–Kier alpha value is -3.00. The predicted molar refractivity (Wildman–Crippen MR) is 129 cm³/mol. The third-order valence-corrected chi connectivity index (χ3v) is 6.56. The Balaban J connectivity index is 1.92. The van der Waals surface area contributed by atoms with Crippen LogP contribution in [-0.2, 0) is 37.3 Å². The van der Waals surface area contributed by atoms with Gasteiger partial charge in [0, 0.05) is 13.1 Å². The van der Waals surface area contributed by atoms with Gasteiger partial charge >= 0.3 is 6.18 Å². The minimum atomic E-state index is -4.52. The molecule has 1 aliphatic heterocycles. The van der Waals surface area contributed by atoms with Gasteiger partial charge in [-0.1, -0.05) is 18.2 Å². The molecule has 0 saturated carbocycles. The molecule has 0 aliphatic carbocycles. The third-order valence-electron chi connectivity index (χ3n) is 5.42. The van der Waals surface area contributed by atoms with Gasteiger partial charge in [-0.15, -0.1) is 0 Å². The summed E-state index contributed by atoms with van der Waals surface area (Å²) in [6, 6.07) is 2.90. The number of benzene rings is 1. The van der Waals surface area contributed by atoms with E-state index in [-0.39, 0.29) is 23.8 Å². The summed E-state index contributed by atoms with van der Waals surface area (Å²) in [6.07, 6.45) is -1.52. The highest BCUT2D eigenvalue weighted by atomic mass is 32.2. The summed E-state index contributed by atoms with van der Waals surface area (Å²) in [5.74, 6) is -1.24. The van der Waals surface area contributed by atoms with Gasteiger partial charge < -0.3 is 26.5 Å². The van der Waals surface area contributed by atoms with Gasteiger partial charge in [0.15, 0.2) is 5.96 Å². The lowest BCUT2D eigenvalue weighted by molar-refractivity contribution is -0.137. The highest BCUT2D eigenvalue weighted by Gasteiger charge is 2.31. The molecule has 2 amide bonds. The van der Waals surface area contributed by atoms with Gasteiger partial charge in [-0.3, -0.25) is 14.6 Å². The lowest BCUT2D eigenvalue weighted by atomic mass is 10.1. The van der Waals surface area contributed by atoms with Gasteiger partial charge in [-0.2, -0.15) is 13.2 Å². The van der Waals surface area contributed by atoms with Gasteiger partial charge in [0.05, 0.1) is 40.9 Å². The Kier molecular flexibility index (Phi) is 11.3. The summed E-state index contributed by atoms with van der Waals surface area (Å²) in [7, 11) is -1.82. The number of likely N-dealkylation sites (tertiary alicyclic amines) is 1. The second kappa shape index (κ2) is 13.9. The molecule has 14 heteroatoms. The molecule has 1 heterocycles. The maximum atomic E-state index is 13.0. The number of nitrogens with two attached hydrogens (primary N) is 2. The Morgan fingerprint density at radius 3 is 2.72 bits per heavy atom. The van der Waals surface area contributed by atoms with Crippen LogP contribution in [0.5, 0.6) is 0 Å². The van der Waals surface area contributed by atoms with Crippen molar-refractivity contribution in [3.8, 4) is 0 Å². The fraction of sp³-hybridized carbons (Fsp3) is 0.545. The molecule has 1 unspecified atom stereocenters. The molecule has 6 N–H and O–H groups in total. The minimum Gasteiger partial charge on any atom is -0.370 e. The highest BCUT2D eigenvalue weighted by Crippen LogP contribution is 2.29. The van der Waals surface area contributed by atoms with Crippen LogP contribution in [0.2, 0.25) is 0 Å². The van der Waals surface area contributed by atoms with Crippen LogP contribution in [0.3, 0.4) is 0 Å². The molecular formula is C22H31F3N6O4S. The fourth-order valence-corrected chi connectivity index (χ4v) is 4.78. The molecule has 1 saturated heterocycles. The molecular weight excluding hydrogens is 501 g/mol. The highest BCUT2D eigenvalue weighted by molar-refractivity contribution is 7.82. The number of hydrogen-bond acceptors (Lipinski definition) is 5. The Labute approximate surface area is 209 Å². The predicted octanol–water partition coefficient (Wildman–Crippen LogP) is 0.577. The van der Waals surface area contributed by atoms with Crippen LogP contribution in [0.1, 0.15) is 43.2 Å². The van der Waals surface area contributed by atoms with Crippen molar-refractivity contribution in [1.29, 1.82) is 0 Å². The number of aliphatic imine (C=N–C) groups is 1. The van der Waals surface area contributed by atoms with Gasteiger partial charge in [0.1, 0.15) is 6.29 Å². The number of nitrogens with one attached hydrogen (secondary N) is 2. The summed E-state index contributed by atoms with van der Waals surface area (Å²) in [6.45, 7) is 0.328. The van der Waals surface area contributed by atoms with Crippen molar-refractivity contribution >= 4 is 35.0 Å². The second-order valence-electron chi connectivity index (χ2n) is 8.37. The second-order valence-corrected chi connectivity index (χ2v) is 9.59. The van der Waals surface area contributed by atoms with Crippen molar-refractivity contribution in [2.24, 2.45) is 16.5 Å². The van der Waals surface area contributed by atoms with Crippen LogP contribution in [0.15, 0.2) is 29.3 Å². The molecule has 1 fully saturated rings. The van der Waals surface area contributed by atoms with E-state index in [0.717, 1.165) is 12.1 Å². The minimum absolute atomic E-state index is 0.0692. The van der Waals surface area contributed by atoms with Gasteiger partial charge in [-0.05, 0) is 43.7 Å². The third kappa shape index (κ3) is 9.93. The summed E-state index contributed by atoms with van der Waals surface area (Å²) >= 11 is 0. The summed E-state index contributed by atoms with van der Waals surface area (Å²) < 4.78 is 54.0. The summed E-state index contributed by atoms with van der Waals surface area (Å²) in [5.41, 5.74) is 9.85. The number of guanidine groups is 1. The molecule has 2 rings (SSSR count). The Morgan fingerprint density at radius 1 is 1.31 bits per heavy atom. The van der Waals surface area contributed by atoms with E-state index in [9.17, 15) is 31.8 Å². The van der Waals surface area contributed by atoms with Crippen LogP contribution in [0.4, 0.5) is 13.2 Å². The van der Waals surface area contributed by atoms with Crippen molar-refractivity contribution < 1.29 is 31.8 Å². The van der Waals surface area contributed by atoms with E-state index < -0.39 is 46.6 Å². The van der Waals surface area contributed by atoms with Crippen molar-refractivity contribution in [3.63, 3.8) is 0 Å². The smallest absolute Gasteiger partial charge is 0.370 e. The quantitative estimate of drug-likeness (QED) is 0.133. The molecule has 0 spiro atoms. The van der Waals surface area contributed by atoms with Crippen molar-refractivity contribution in [2.75, 3.05) is 19.6 Å². The number of nitrogens with zero attached hydrogens (tertiary/aromatic N) is 2. The zero-order valence-electron chi connectivity index (χ0n) is 19.6. The Morgan fingerprint density at radius 2 is 2.06 bits per heavy atom. The number of rotatable bonds is 12. The number of halogens is 3. The number of hydrogen-bond donors (Lipinski definition) is 4. The molecule has 1 aromatic carbocycles. The first-order valence-corrected chi connectivity index (χ1v) is 12.7. The SMILES string of the molecule is NC(N)=NCCC[C@@H](C=O)NC(=O)CN1CCCC[C@H](NS(=O)Cc2cccc(C(F)(F)F)c2)C1=O. The lowest BCUT2D eigenvalue weighted by Crippen LogP contribution is -2.50. The van der Waals surface area contributed by atoms with E-state index in [2.05, 4.69) is 15.0 Å². The molecule has 10 nitrogen and oxygen atoms in total. The largest absolute Gasteiger partial charge is 0.416 e. The maximum absolute atomic E-state index is 13.0. The fourth-order valence-electron chi connectivity index (χ4n) is 3.68. The molecule has 200 valence electrons. The topological polar surface area (TPSA) is 160 Å². The van der Waals surface area contributed by atoms with Gasteiger partial charge in [-0.25, -0.2) is 8.93 Å². The average molecular weight is 533 g/mol. The van der Waals surface area contributed by atoms with Crippen LogP contribution < -0.4 is 21.5 Å². The molecule has 36 heavy (non-hydrogen) atoms. The van der Waals surface area contributed by atoms with E-state index in [1.807, 2.05) is 0 Å². The van der Waals surface area contributed by atoms with E-state index in [1.165, 1.54) is 17.0 Å². The van der Waals surface area contributed by atoms with E-state index >= 15 is 0 Å². The van der Waals surface area contributed by atoms with Gasteiger partial charge in [0.25, 0.3) is 0 Å². The zero-order chi connectivity index (χ0) is 26.7. The monoisotopic (exact) mass is 532 g/mol. The average Bonchev–Trinajstić information content (AvgIpc) is 2.96. The molecule has 0 radical (unpaired) electrons. The van der Waals surface area contributed by atoms with Crippen LogP contribution in [0.25, 0.3) is 0 Å². The van der Waals surface area contributed by atoms with Crippen LogP contribution in [0, 0.1) is 0 Å². The van der Waals surface area contributed by atoms with Crippen LogP contribution >= 0.6 is 0 Å². The molecule has 0 aromatic heterocycles. The first-order valence-electron chi connectivity index (χ1n) is 11.4. The molecule has 3 atom stereocenters.